The van der Waals surface area contributed by atoms with Crippen molar-refractivity contribution in [3.63, 3.8) is 0 Å². The van der Waals surface area contributed by atoms with Gasteiger partial charge in [-0.2, -0.15) is 0 Å². The highest BCUT2D eigenvalue weighted by molar-refractivity contribution is 8.00. The summed E-state index contributed by atoms with van der Waals surface area (Å²) in [5.74, 6) is -1.09. The fraction of sp³-hybridized carbons (Fsp3) is 0.700. The van der Waals surface area contributed by atoms with E-state index in [1.807, 2.05) is 6.92 Å². The Morgan fingerprint density at radius 3 is 2.62 bits per heavy atom. The zero-order valence-corrected chi connectivity index (χ0v) is 17.6. The van der Waals surface area contributed by atoms with Crippen molar-refractivity contribution in [2.75, 3.05) is 13.2 Å². The molecule has 160 valence electrons. The predicted octanol–water partition coefficient (Wildman–Crippen LogP) is 2.15. The molecule has 0 amide bonds. The van der Waals surface area contributed by atoms with Crippen LogP contribution in [0.1, 0.15) is 32.4 Å². The quantitative estimate of drug-likeness (QED) is 0.636. The highest BCUT2D eigenvalue weighted by Gasteiger charge is 2.57. The van der Waals surface area contributed by atoms with Crippen molar-refractivity contribution >= 4 is 11.8 Å². The molecule has 9 atom stereocenters. The first kappa shape index (κ1) is 20.1. The monoisotopic (exact) mass is 426 g/mol. The fourth-order valence-electron chi connectivity index (χ4n) is 5.21. The summed E-state index contributed by atoms with van der Waals surface area (Å²) in [6.07, 6.45) is 0.119. The summed E-state index contributed by atoms with van der Waals surface area (Å²) in [7, 11) is 0. The lowest BCUT2D eigenvalue weighted by Gasteiger charge is -2.34. The van der Waals surface area contributed by atoms with Crippen molar-refractivity contribution in [2.45, 2.75) is 62.1 Å². The Labute approximate surface area is 174 Å². The Hall–Kier alpha value is -0.810. The Morgan fingerprint density at radius 1 is 1.10 bits per heavy atom. The van der Waals surface area contributed by atoms with Crippen molar-refractivity contribution < 1.29 is 18.3 Å². The number of nitrogens with one attached hydrogen (secondary N) is 3. The normalized spacial score (nSPS) is 45.2. The molecular formula is C20H28F2N4O2S. The van der Waals surface area contributed by atoms with Gasteiger partial charge in [0.05, 0.1) is 37.0 Å². The van der Waals surface area contributed by atoms with Gasteiger partial charge in [0, 0.05) is 29.5 Å². The van der Waals surface area contributed by atoms with Crippen LogP contribution in [0.5, 0.6) is 0 Å². The van der Waals surface area contributed by atoms with E-state index in [0.29, 0.717) is 13.2 Å². The summed E-state index contributed by atoms with van der Waals surface area (Å²) in [5, 5.41) is 9.31. The first-order chi connectivity index (χ1) is 13.9. The van der Waals surface area contributed by atoms with E-state index in [1.165, 1.54) is 18.2 Å². The molecule has 4 saturated heterocycles. The number of hydrogen-bond acceptors (Lipinski definition) is 7. The summed E-state index contributed by atoms with van der Waals surface area (Å²) < 4.78 is 41.9. The standard InChI is InChI=1S/C20H28F2N4O2S/c1-9-7-27-8-12-15-17(16-13(21)5-4-6-14(16)22)23-10(2)18-24-11(3)25-26(18)19(15)29-20(12)28-9/h4-6,9-12,15,17-20,23-25H,7-8H2,1-3H3/t9-,10-,11?,12?,15?,17?,18?,19?,20?/m0/s1. The van der Waals surface area contributed by atoms with E-state index in [9.17, 15) is 8.78 Å². The van der Waals surface area contributed by atoms with Crippen LogP contribution in [0, 0.1) is 23.5 Å². The largest absolute Gasteiger partial charge is 0.378 e. The highest BCUT2D eigenvalue weighted by Crippen LogP contribution is 2.53. The Kier molecular flexibility index (Phi) is 5.35. The zero-order valence-electron chi connectivity index (χ0n) is 16.8. The van der Waals surface area contributed by atoms with Crippen LogP contribution in [0.4, 0.5) is 8.78 Å². The van der Waals surface area contributed by atoms with Crippen LogP contribution in [0.25, 0.3) is 0 Å². The van der Waals surface area contributed by atoms with Gasteiger partial charge in [0.1, 0.15) is 17.1 Å². The second kappa shape index (κ2) is 7.71. The molecule has 3 N–H and O–H groups in total. The second-order valence-corrected chi connectivity index (χ2v) is 9.78. The maximum Gasteiger partial charge on any atom is 0.130 e. The lowest BCUT2D eigenvalue weighted by molar-refractivity contribution is 0.0189. The van der Waals surface area contributed by atoms with Crippen molar-refractivity contribution in [2.24, 2.45) is 11.8 Å². The number of fused-ring (bicyclic) bond motifs is 5. The van der Waals surface area contributed by atoms with Gasteiger partial charge < -0.3 is 14.8 Å². The fourth-order valence-corrected chi connectivity index (χ4v) is 7.06. The number of nitrogens with zero attached hydrogens (tertiary/aromatic N) is 1. The summed E-state index contributed by atoms with van der Waals surface area (Å²) in [4.78, 5) is 0. The number of hydrazine groups is 1. The third kappa shape index (κ3) is 3.40. The summed E-state index contributed by atoms with van der Waals surface area (Å²) >= 11 is 1.74. The van der Waals surface area contributed by atoms with Crippen molar-refractivity contribution in [3.05, 3.63) is 35.4 Å². The molecule has 9 heteroatoms. The van der Waals surface area contributed by atoms with Gasteiger partial charge in [0.2, 0.25) is 0 Å². The molecule has 0 spiro atoms. The SMILES string of the molecule is CC1NC2[C@H](C)NC(c3c(F)cccc3F)C3C4COC[C@H](C)OC4SC3N2N1. The van der Waals surface area contributed by atoms with E-state index in [0.717, 1.165) is 0 Å². The van der Waals surface area contributed by atoms with Crippen LogP contribution in [-0.2, 0) is 9.47 Å². The molecule has 5 rings (SSSR count). The van der Waals surface area contributed by atoms with Gasteiger partial charge in [-0.3, -0.25) is 5.32 Å². The summed E-state index contributed by atoms with van der Waals surface area (Å²) in [6.45, 7) is 7.20. The van der Waals surface area contributed by atoms with Gasteiger partial charge in [-0.15, -0.1) is 11.8 Å². The molecule has 6 nitrogen and oxygen atoms in total. The maximum atomic E-state index is 14.9. The molecule has 4 heterocycles. The molecule has 7 unspecified atom stereocenters. The van der Waals surface area contributed by atoms with Gasteiger partial charge >= 0.3 is 0 Å². The third-order valence-corrected chi connectivity index (χ3v) is 7.97. The molecule has 0 bridgehead atoms. The van der Waals surface area contributed by atoms with Crippen molar-refractivity contribution in [1.82, 2.24) is 21.1 Å². The molecule has 1 aromatic carbocycles. The molecule has 4 aliphatic rings. The topological polar surface area (TPSA) is 57.8 Å². The minimum Gasteiger partial charge on any atom is -0.378 e. The van der Waals surface area contributed by atoms with Gasteiger partial charge in [-0.25, -0.2) is 19.2 Å². The Balaban J connectivity index is 1.59. The molecule has 0 saturated carbocycles. The number of halogens is 2. The van der Waals surface area contributed by atoms with E-state index >= 15 is 0 Å². The van der Waals surface area contributed by atoms with Crippen molar-refractivity contribution in [1.29, 1.82) is 0 Å². The molecule has 0 aromatic heterocycles. The van der Waals surface area contributed by atoms with Crippen LogP contribution in [-0.4, -0.2) is 53.5 Å². The molecule has 0 radical (unpaired) electrons. The van der Waals surface area contributed by atoms with E-state index in [2.05, 4.69) is 34.9 Å². The minimum absolute atomic E-state index is 0.00486. The van der Waals surface area contributed by atoms with Crippen LogP contribution >= 0.6 is 11.8 Å². The number of benzene rings is 1. The van der Waals surface area contributed by atoms with Crippen LogP contribution < -0.4 is 16.1 Å². The number of thioether (sulfide) groups is 1. The van der Waals surface area contributed by atoms with E-state index in [-0.39, 0.29) is 52.7 Å². The Morgan fingerprint density at radius 2 is 1.86 bits per heavy atom. The predicted molar refractivity (Wildman–Crippen MR) is 107 cm³/mol. The molecular weight excluding hydrogens is 398 g/mol. The molecule has 0 aliphatic carbocycles. The second-order valence-electron chi connectivity index (χ2n) is 8.56. The maximum absolute atomic E-state index is 14.9. The van der Waals surface area contributed by atoms with Gasteiger partial charge in [-0.1, -0.05) is 6.07 Å². The average Bonchev–Trinajstić information content (AvgIpc) is 3.12. The molecule has 29 heavy (non-hydrogen) atoms. The number of rotatable bonds is 1. The smallest absolute Gasteiger partial charge is 0.130 e. The molecule has 4 aliphatic heterocycles. The highest BCUT2D eigenvalue weighted by atomic mass is 32.2. The average molecular weight is 427 g/mol. The molecule has 1 aromatic rings. The number of hydrogen-bond donors (Lipinski definition) is 3. The zero-order chi connectivity index (χ0) is 20.3. The van der Waals surface area contributed by atoms with E-state index in [1.54, 1.807) is 11.8 Å². The van der Waals surface area contributed by atoms with Gasteiger partial charge in [-0.05, 0) is 32.9 Å². The summed E-state index contributed by atoms with van der Waals surface area (Å²) in [6, 6.07) is 3.59. The number of ether oxygens (including phenoxy) is 2. The van der Waals surface area contributed by atoms with Crippen LogP contribution in [0.15, 0.2) is 18.2 Å². The van der Waals surface area contributed by atoms with Gasteiger partial charge in [0.15, 0.2) is 0 Å². The summed E-state index contributed by atoms with van der Waals surface area (Å²) in [5.41, 5.74) is 3.55. The lowest BCUT2D eigenvalue weighted by Crippen LogP contribution is -2.52. The third-order valence-electron chi connectivity index (χ3n) is 6.43. The van der Waals surface area contributed by atoms with Gasteiger partial charge in [0.25, 0.3) is 0 Å². The van der Waals surface area contributed by atoms with E-state index in [4.69, 9.17) is 9.47 Å². The first-order valence-electron chi connectivity index (χ1n) is 10.3. The van der Waals surface area contributed by atoms with Crippen LogP contribution in [0.2, 0.25) is 0 Å². The van der Waals surface area contributed by atoms with Crippen molar-refractivity contribution in [3.8, 4) is 0 Å². The van der Waals surface area contributed by atoms with E-state index < -0.39 is 17.7 Å². The Bertz CT molecular complexity index is 754. The minimum atomic E-state index is -0.512. The lowest BCUT2D eigenvalue weighted by atomic mass is 9.82. The van der Waals surface area contributed by atoms with Crippen LogP contribution in [0.3, 0.4) is 0 Å². The molecule has 4 fully saturated rings. The first-order valence-corrected chi connectivity index (χ1v) is 11.3.